The SMILES string of the molecule is COc1cc2c(cc1-c1c(C)noc1C)[nH]c1nc(C)nc(-c3cc(C(=O)N4CCC(O)CC4)[nH]c3C(C)C)c12. The largest absolute Gasteiger partial charge is 0.496 e. The summed E-state index contributed by atoms with van der Waals surface area (Å²) in [6.07, 6.45) is 0.841. The Morgan fingerprint density at radius 3 is 2.50 bits per heavy atom. The fraction of sp³-hybridized carbons (Fsp3) is 0.400. The third-order valence-corrected chi connectivity index (χ3v) is 7.85. The van der Waals surface area contributed by atoms with Crippen LogP contribution in [-0.2, 0) is 0 Å². The van der Waals surface area contributed by atoms with E-state index in [4.69, 9.17) is 19.2 Å². The number of aromatic amines is 2. The number of amides is 1. The number of aliphatic hydroxyl groups is 1. The summed E-state index contributed by atoms with van der Waals surface area (Å²) in [4.78, 5) is 31.8. The van der Waals surface area contributed by atoms with Crippen LogP contribution in [0.25, 0.3) is 44.3 Å². The van der Waals surface area contributed by atoms with Crippen LogP contribution < -0.4 is 4.74 Å². The smallest absolute Gasteiger partial charge is 0.270 e. The van der Waals surface area contributed by atoms with Crippen LogP contribution in [0.5, 0.6) is 5.75 Å². The molecule has 40 heavy (non-hydrogen) atoms. The first-order chi connectivity index (χ1) is 19.2. The van der Waals surface area contributed by atoms with Crippen molar-refractivity contribution in [3.63, 3.8) is 0 Å². The van der Waals surface area contributed by atoms with Crippen LogP contribution in [0.4, 0.5) is 0 Å². The molecule has 0 bridgehead atoms. The van der Waals surface area contributed by atoms with E-state index in [1.54, 1.807) is 12.0 Å². The number of nitrogens with zero attached hydrogens (tertiary/aromatic N) is 4. The molecular weight excluding hydrogens is 508 g/mol. The van der Waals surface area contributed by atoms with E-state index >= 15 is 0 Å². The molecule has 1 amide bonds. The Hall–Kier alpha value is -4.18. The number of H-pyrrole nitrogens is 2. The van der Waals surface area contributed by atoms with E-state index in [1.807, 2.05) is 39.0 Å². The number of fused-ring (bicyclic) bond motifs is 3. The summed E-state index contributed by atoms with van der Waals surface area (Å²) in [6.45, 7) is 11.0. The van der Waals surface area contributed by atoms with Crippen LogP contribution in [0.15, 0.2) is 22.7 Å². The standard InChI is InChI=1S/C30H34N6O4/c1-14(2)27-21(12-23(33-27)30(38)36-9-7-18(37)8-10-36)28-26-19-13-24(39-6)20(25-15(3)35-40-16(25)4)11-22(19)34-29(26)32-17(5)31-28/h11-14,18,33,37H,7-10H2,1-6H3,(H,31,32,34). The molecule has 0 saturated carbocycles. The van der Waals surface area contributed by atoms with E-state index < -0.39 is 0 Å². The number of piperidine rings is 1. The molecule has 0 radical (unpaired) electrons. The minimum Gasteiger partial charge on any atom is -0.496 e. The molecule has 6 rings (SSSR count). The Balaban J connectivity index is 1.55. The predicted octanol–water partition coefficient (Wildman–Crippen LogP) is 5.42. The number of aliphatic hydroxyl groups excluding tert-OH is 1. The van der Waals surface area contributed by atoms with Crippen molar-refractivity contribution in [2.24, 2.45) is 0 Å². The summed E-state index contributed by atoms with van der Waals surface area (Å²) in [5.41, 5.74) is 7.27. The normalized spacial score (nSPS) is 14.7. The first kappa shape index (κ1) is 26.1. The van der Waals surface area contributed by atoms with Gasteiger partial charge >= 0.3 is 0 Å². The number of ether oxygens (including phenoxy) is 1. The second-order valence-corrected chi connectivity index (χ2v) is 11.0. The molecule has 3 N–H and O–H groups in total. The molecule has 0 aliphatic carbocycles. The molecule has 4 aromatic heterocycles. The predicted molar refractivity (Wildman–Crippen MR) is 153 cm³/mol. The van der Waals surface area contributed by atoms with Crippen molar-refractivity contribution in [2.75, 3.05) is 20.2 Å². The molecule has 0 unspecified atom stereocenters. The van der Waals surface area contributed by atoms with Crippen molar-refractivity contribution < 1.29 is 19.2 Å². The van der Waals surface area contributed by atoms with Crippen LogP contribution >= 0.6 is 0 Å². The first-order valence-corrected chi connectivity index (χ1v) is 13.7. The van der Waals surface area contributed by atoms with Crippen LogP contribution in [0, 0.1) is 20.8 Å². The third kappa shape index (κ3) is 4.23. The number of carbonyl (C=O) groups excluding carboxylic acids is 1. The molecule has 5 heterocycles. The van der Waals surface area contributed by atoms with Crippen molar-refractivity contribution in [2.45, 2.75) is 59.5 Å². The highest BCUT2D eigenvalue weighted by Crippen LogP contribution is 2.42. The molecule has 1 aliphatic heterocycles. The zero-order chi connectivity index (χ0) is 28.3. The van der Waals surface area contributed by atoms with Crippen molar-refractivity contribution in [1.29, 1.82) is 0 Å². The molecule has 1 aliphatic rings. The molecule has 5 aromatic rings. The fourth-order valence-corrected chi connectivity index (χ4v) is 5.84. The van der Waals surface area contributed by atoms with Gasteiger partial charge in [-0.1, -0.05) is 19.0 Å². The lowest BCUT2D eigenvalue weighted by Crippen LogP contribution is -2.40. The molecule has 10 nitrogen and oxygen atoms in total. The van der Waals surface area contributed by atoms with Gasteiger partial charge in [-0.25, -0.2) is 9.97 Å². The Morgan fingerprint density at radius 2 is 1.85 bits per heavy atom. The van der Waals surface area contributed by atoms with Gasteiger partial charge in [0.1, 0.15) is 28.7 Å². The van der Waals surface area contributed by atoms with Gasteiger partial charge in [0.15, 0.2) is 0 Å². The van der Waals surface area contributed by atoms with E-state index in [0.29, 0.717) is 48.8 Å². The van der Waals surface area contributed by atoms with Crippen LogP contribution in [-0.4, -0.2) is 67.3 Å². The number of hydrogen-bond acceptors (Lipinski definition) is 7. The highest BCUT2D eigenvalue weighted by atomic mass is 16.5. The number of rotatable bonds is 5. The minimum absolute atomic E-state index is 0.0632. The Labute approximate surface area is 231 Å². The van der Waals surface area contributed by atoms with E-state index in [-0.39, 0.29) is 17.9 Å². The summed E-state index contributed by atoms with van der Waals surface area (Å²) in [6, 6.07) is 5.96. The van der Waals surface area contributed by atoms with E-state index in [9.17, 15) is 9.90 Å². The van der Waals surface area contributed by atoms with Gasteiger partial charge in [0, 0.05) is 40.8 Å². The quantitative estimate of drug-likeness (QED) is 0.270. The molecule has 1 saturated heterocycles. The number of likely N-dealkylation sites (tertiary alicyclic amines) is 1. The van der Waals surface area contributed by atoms with Gasteiger partial charge in [0.05, 0.1) is 35.6 Å². The summed E-state index contributed by atoms with van der Waals surface area (Å²) < 4.78 is 11.3. The number of benzene rings is 1. The minimum atomic E-state index is -0.344. The summed E-state index contributed by atoms with van der Waals surface area (Å²) in [5, 5.41) is 15.8. The Bertz CT molecular complexity index is 1730. The monoisotopic (exact) mass is 542 g/mol. The summed E-state index contributed by atoms with van der Waals surface area (Å²) >= 11 is 0. The highest BCUT2D eigenvalue weighted by molar-refractivity contribution is 6.14. The number of aromatic nitrogens is 5. The van der Waals surface area contributed by atoms with Gasteiger partial charge in [-0.05, 0) is 57.7 Å². The van der Waals surface area contributed by atoms with Gasteiger partial charge in [0.25, 0.3) is 5.91 Å². The molecular formula is C30H34N6O4. The highest BCUT2D eigenvalue weighted by Gasteiger charge is 2.27. The number of methoxy groups -OCH3 is 1. The number of aryl methyl sites for hydroxylation is 3. The van der Waals surface area contributed by atoms with E-state index in [1.165, 1.54) is 0 Å². The maximum atomic E-state index is 13.5. The number of carbonyl (C=O) groups is 1. The van der Waals surface area contributed by atoms with Crippen LogP contribution in [0.3, 0.4) is 0 Å². The zero-order valence-corrected chi connectivity index (χ0v) is 23.7. The van der Waals surface area contributed by atoms with Gasteiger partial charge in [-0.2, -0.15) is 0 Å². The average Bonchev–Trinajstić information content (AvgIpc) is 3.62. The Kier molecular flexibility index (Phi) is 6.37. The molecule has 1 fully saturated rings. The van der Waals surface area contributed by atoms with Gasteiger partial charge in [0.2, 0.25) is 0 Å². The van der Waals surface area contributed by atoms with Gasteiger partial charge < -0.3 is 29.2 Å². The maximum absolute atomic E-state index is 13.5. The molecule has 1 aromatic carbocycles. The third-order valence-electron chi connectivity index (χ3n) is 7.85. The molecule has 208 valence electrons. The van der Waals surface area contributed by atoms with Crippen molar-refractivity contribution in [1.82, 2.24) is 30.0 Å². The number of hydrogen-bond donors (Lipinski definition) is 3. The second-order valence-electron chi connectivity index (χ2n) is 11.0. The second kappa shape index (κ2) is 9.78. The van der Waals surface area contributed by atoms with Gasteiger partial charge in [-0.3, -0.25) is 4.79 Å². The summed E-state index contributed by atoms with van der Waals surface area (Å²) in [7, 11) is 1.65. The number of nitrogens with one attached hydrogen (secondary N) is 2. The van der Waals surface area contributed by atoms with Gasteiger partial charge in [-0.15, -0.1) is 0 Å². The lowest BCUT2D eigenvalue weighted by Gasteiger charge is -2.29. The Morgan fingerprint density at radius 1 is 1.10 bits per heavy atom. The van der Waals surface area contributed by atoms with Crippen molar-refractivity contribution in [3.8, 4) is 28.1 Å². The fourth-order valence-electron chi connectivity index (χ4n) is 5.84. The molecule has 0 spiro atoms. The first-order valence-electron chi connectivity index (χ1n) is 13.7. The van der Waals surface area contributed by atoms with E-state index in [2.05, 4.69) is 29.0 Å². The maximum Gasteiger partial charge on any atom is 0.270 e. The van der Waals surface area contributed by atoms with Crippen LogP contribution in [0.1, 0.15) is 66.1 Å². The lowest BCUT2D eigenvalue weighted by molar-refractivity contribution is 0.0542. The lowest BCUT2D eigenvalue weighted by atomic mass is 9.98. The van der Waals surface area contributed by atoms with Crippen molar-refractivity contribution in [3.05, 3.63) is 46.9 Å². The molecule has 10 heteroatoms. The summed E-state index contributed by atoms with van der Waals surface area (Å²) in [5.74, 6) is 2.09. The van der Waals surface area contributed by atoms with E-state index in [0.717, 1.165) is 55.8 Å². The van der Waals surface area contributed by atoms with Crippen LogP contribution in [0.2, 0.25) is 0 Å². The molecule has 0 atom stereocenters. The topological polar surface area (TPSA) is 133 Å². The average molecular weight is 543 g/mol. The zero-order valence-electron chi connectivity index (χ0n) is 23.7. The van der Waals surface area contributed by atoms with Crippen molar-refractivity contribution >= 4 is 27.8 Å².